The number of likely N-dealkylation sites (N-methyl/N-ethyl adjacent to an activating group) is 1. The summed E-state index contributed by atoms with van der Waals surface area (Å²) in [5, 5.41) is 2.16. The zero-order valence-corrected chi connectivity index (χ0v) is 21.8. The minimum Gasteiger partial charge on any atom is -0.493 e. The number of carbonyl (C=O) groups is 1. The van der Waals surface area contributed by atoms with Gasteiger partial charge in [-0.1, -0.05) is 0 Å². The van der Waals surface area contributed by atoms with E-state index in [1.54, 1.807) is 34.5 Å². The van der Waals surface area contributed by atoms with Gasteiger partial charge in [0.15, 0.2) is 23.0 Å². The number of methoxy groups -OCH3 is 4. The highest BCUT2D eigenvalue weighted by Crippen LogP contribution is 2.34. The number of aromatic nitrogens is 1. The summed E-state index contributed by atoms with van der Waals surface area (Å²) in [6.45, 7) is 3.24. The van der Waals surface area contributed by atoms with Gasteiger partial charge in [-0.2, -0.15) is 0 Å². The van der Waals surface area contributed by atoms with Gasteiger partial charge in [-0.3, -0.25) is 9.78 Å². The normalized spacial score (nSPS) is 13.2. The Hall–Kier alpha value is -3.52. The summed E-state index contributed by atoms with van der Waals surface area (Å²) in [5.74, 6) is 2.73. The van der Waals surface area contributed by atoms with Crippen molar-refractivity contribution in [3.8, 4) is 23.0 Å². The second-order valence-corrected chi connectivity index (χ2v) is 9.04. The van der Waals surface area contributed by atoms with Crippen LogP contribution in [0.15, 0.2) is 36.7 Å². The molecule has 2 aromatic carbocycles. The topological polar surface area (TPSA) is 73.4 Å². The van der Waals surface area contributed by atoms with Crippen molar-refractivity contribution in [1.29, 1.82) is 0 Å². The molecule has 4 rings (SSSR count). The second kappa shape index (κ2) is 11.5. The van der Waals surface area contributed by atoms with Crippen molar-refractivity contribution in [1.82, 2.24) is 14.8 Å². The molecule has 1 amide bonds. The molecule has 0 unspecified atom stereocenters. The molecule has 8 nitrogen and oxygen atoms in total. The quantitative estimate of drug-likeness (QED) is 0.402. The standard InChI is InChI=1S/C28H35N3O5/c1-30(11-7-20-17-29-18-21-14-25(34-3)26(35-4)15-22(20)21)9-6-10-31-12-8-19-13-24(33-2)27(36-5)16-23(19)28(31)32/h13-18H,6-12H2,1-5H3. The Labute approximate surface area is 212 Å². The molecule has 1 aromatic heterocycles. The largest absolute Gasteiger partial charge is 0.493 e. The molecule has 8 heteroatoms. The summed E-state index contributed by atoms with van der Waals surface area (Å²) in [6.07, 6.45) is 6.37. The van der Waals surface area contributed by atoms with E-state index in [-0.39, 0.29) is 5.91 Å². The number of amides is 1. The third kappa shape index (κ3) is 5.33. The van der Waals surface area contributed by atoms with Crippen LogP contribution in [0.25, 0.3) is 10.8 Å². The van der Waals surface area contributed by atoms with E-state index in [0.29, 0.717) is 22.8 Å². The van der Waals surface area contributed by atoms with Crippen LogP contribution in [0.4, 0.5) is 0 Å². The highest BCUT2D eigenvalue weighted by atomic mass is 16.5. The van der Waals surface area contributed by atoms with Crippen molar-refractivity contribution in [3.63, 3.8) is 0 Å². The molecule has 192 valence electrons. The van der Waals surface area contributed by atoms with E-state index in [0.717, 1.165) is 67.5 Å². The van der Waals surface area contributed by atoms with Gasteiger partial charge in [0.05, 0.1) is 28.4 Å². The van der Waals surface area contributed by atoms with Crippen LogP contribution in [0.2, 0.25) is 0 Å². The monoisotopic (exact) mass is 493 g/mol. The Morgan fingerprint density at radius 2 is 1.56 bits per heavy atom. The highest BCUT2D eigenvalue weighted by Gasteiger charge is 2.26. The number of pyridine rings is 1. The van der Waals surface area contributed by atoms with Gasteiger partial charge in [0, 0.05) is 43.0 Å². The molecule has 0 atom stereocenters. The lowest BCUT2D eigenvalue weighted by molar-refractivity contribution is 0.0732. The molecule has 0 spiro atoms. The van der Waals surface area contributed by atoms with Gasteiger partial charge in [0.1, 0.15) is 0 Å². The van der Waals surface area contributed by atoms with Gasteiger partial charge in [0.2, 0.25) is 0 Å². The van der Waals surface area contributed by atoms with Gasteiger partial charge in [-0.25, -0.2) is 0 Å². The first kappa shape index (κ1) is 25.6. The third-order valence-electron chi connectivity index (χ3n) is 6.85. The molecule has 0 saturated carbocycles. The fourth-order valence-electron chi connectivity index (χ4n) is 4.78. The van der Waals surface area contributed by atoms with Gasteiger partial charge < -0.3 is 28.7 Å². The first-order valence-electron chi connectivity index (χ1n) is 12.2. The van der Waals surface area contributed by atoms with Crippen molar-refractivity contribution in [2.75, 3.05) is 61.7 Å². The second-order valence-electron chi connectivity index (χ2n) is 9.04. The molecule has 0 bridgehead atoms. The van der Waals surface area contributed by atoms with E-state index in [1.165, 1.54) is 5.56 Å². The number of rotatable bonds is 11. The summed E-state index contributed by atoms with van der Waals surface area (Å²) in [6, 6.07) is 7.71. The third-order valence-corrected chi connectivity index (χ3v) is 6.85. The van der Waals surface area contributed by atoms with Crippen LogP contribution in [-0.4, -0.2) is 82.4 Å². The molecule has 0 fully saturated rings. The number of hydrogen-bond donors (Lipinski definition) is 0. The van der Waals surface area contributed by atoms with Gasteiger partial charge in [-0.15, -0.1) is 0 Å². The van der Waals surface area contributed by atoms with Crippen LogP contribution < -0.4 is 18.9 Å². The molecule has 0 aliphatic carbocycles. The summed E-state index contributed by atoms with van der Waals surface area (Å²) in [5.41, 5.74) is 2.90. The maximum Gasteiger partial charge on any atom is 0.254 e. The first-order chi connectivity index (χ1) is 17.5. The summed E-state index contributed by atoms with van der Waals surface area (Å²) >= 11 is 0. The molecule has 2 heterocycles. The van der Waals surface area contributed by atoms with E-state index in [9.17, 15) is 4.79 Å². The van der Waals surface area contributed by atoms with Crippen LogP contribution in [-0.2, 0) is 12.8 Å². The van der Waals surface area contributed by atoms with E-state index in [2.05, 4.69) is 16.9 Å². The maximum absolute atomic E-state index is 13.1. The molecule has 3 aromatic rings. The lowest BCUT2D eigenvalue weighted by Crippen LogP contribution is -2.39. The van der Waals surface area contributed by atoms with E-state index in [4.69, 9.17) is 18.9 Å². The molecule has 36 heavy (non-hydrogen) atoms. The molecular weight excluding hydrogens is 458 g/mol. The van der Waals surface area contributed by atoms with Crippen LogP contribution in [0.5, 0.6) is 23.0 Å². The predicted octanol–water partition coefficient (Wildman–Crippen LogP) is 3.83. The number of fused-ring (bicyclic) bond motifs is 2. The van der Waals surface area contributed by atoms with Crippen molar-refractivity contribution in [2.24, 2.45) is 0 Å². The van der Waals surface area contributed by atoms with Crippen LogP contribution in [0, 0.1) is 0 Å². The van der Waals surface area contributed by atoms with E-state index in [1.807, 2.05) is 35.5 Å². The Kier molecular flexibility index (Phi) is 8.15. The Morgan fingerprint density at radius 1 is 0.889 bits per heavy atom. The highest BCUT2D eigenvalue weighted by molar-refractivity contribution is 5.97. The number of benzene rings is 2. The average Bonchev–Trinajstić information content (AvgIpc) is 2.91. The van der Waals surface area contributed by atoms with Crippen LogP contribution >= 0.6 is 0 Å². The Morgan fingerprint density at radius 3 is 2.28 bits per heavy atom. The van der Waals surface area contributed by atoms with Gasteiger partial charge >= 0.3 is 0 Å². The number of hydrogen-bond acceptors (Lipinski definition) is 7. The van der Waals surface area contributed by atoms with Crippen molar-refractivity contribution >= 4 is 16.7 Å². The fourth-order valence-corrected chi connectivity index (χ4v) is 4.78. The number of ether oxygens (including phenoxy) is 4. The van der Waals surface area contributed by atoms with Crippen molar-refractivity contribution in [2.45, 2.75) is 19.3 Å². The summed E-state index contributed by atoms with van der Waals surface area (Å²) in [4.78, 5) is 21.7. The zero-order valence-electron chi connectivity index (χ0n) is 21.8. The fraction of sp³-hybridized carbons (Fsp3) is 0.429. The van der Waals surface area contributed by atoms with E-state index >= 15 is 0 Å². The van der Waals surface area contributed by atoms with Gasteiger partial charge in [0.25, 0.3) is 5.91 Å². The molecule has 0 saturated heterocycles. The predicted molar refractivity (Wildman–Crippen MR) is 140 cm³/mol. The molecular formula is C28H35N3O5. The molecule has 0 radical (unpaired) electrons. The van der Waals surface area contributed by atoms with E-state index < -0.39 is 0 Å². The van der Waals surface area contributed by atoms with Gasteiger partial charge in [-0.05, 0) is 73.6 Å². The minimum absolute atomic E-state index is 0.0612. The Balaban J connectivity index is 1.32. The number of carbonyl (C=O) groups excluding carboxylic acids is 1. The number of nitrogens with zero attached hydrogens (tertiary/aromatic N) is 3. The average molecular weight is 494 g/mol. The van der Waals surface area contributed by atoms with Crippen molar-refractivity contribution < 1.29 is 23.7 Å². The van der Waals surface area contributed by atoms with Crippen LogP contribution in [0.3, 0.4) is 0 Å². The lowest BCUT2D eigenvalue weighted by atomic mass is 9.98. The SMILES string of the molecule is COc1cc2c(cc1OC)C(=O)N(CCCN(C)CCc1cncc3cc(OC)c(OC)cc13)CC2. The Bertz CT molecular complexity index is 1230. The lowest BCUT2D eigenvalue weighted by Gasteiger charge is -2.30. The summed E-state index contributed by atoms with van der Waals surface area (Å²) < 4.78 is 21.7. The molecule has 1 aliphatic heterocycles. The maximum atomic E-state index is 13.1. The smallest absolute Gasteiger partial charge is 0.254 e. The summed E-state index contributed by atoms with van der Waals surface area (Å²) in [7, 11) is 8.61. The first-order valence-corrected chi connectivity index (χ1v) is 12.2. The van der Waals surface area contributed by atoms with Crippen molar-refractivity contribution in [3.05, 3.63) is 53.3 Å². The zero-order chi connectivity index (χ0) is 25.7. The molecule has 0 N–H and O–H groups in total. The molecule has 1 aliphatic rings. The minimum atomic E-state index is 0.0612. The van der Waals surface area contributed by atoms with Crippen LogP contribution in [0.1, 0.15) is 27.9 Å².